The van der Waals surface area contributed by atoms with Crippen molar-refractivity contribution in [1.82, 2.24) is 4.90 Å². The van der Waals surface area contributed by atoms with E-state index >= 15 is 4.39 Å². The first-order valence-electron chi connectivity index (χ1n) is 11.5. The molecule has 31 heavy (non-hydrogen) atoms. The van der Waals surface area contributed by atoms with E-state index in [1.54, 1.807) is 6.07 Å². The molecule has 1 aromatic rings. The van der Waals surface area contributed by atoms with Crippen LogP contribution < -0.4 is 4.74 Å². The molecule has 3 fully saturated rings. The lowest BCUT2D eigenvalue weighted by molar-refractivity contribution is -0.141. The highest BCUT2D eigenvalue weighted by atomic mass is 19.1. The fraction of sp³-hybridized carbons (Fsp3) is 0.600. The van der Waals surface area contributed by atoms with Gasteiger partial charge < -0.3 is 14.7 Å². The Hall–Kier alpha value is -2.37. The van der Waals surface area contributed by atoms with Crippen molar-refractivity contribution in [3.63, 3.8) is 0 Å². The summed E-state index contributed by atoms with van der Waals surface area (Å²) in [5, 5.41) is 9.40. The molecule has 0 radical (unpaired) electrons. The number of carbonyl (C=O) groups excluding carboxylic acids is 1. The molecular weight excluding hydrogens is 397 g/mol. The molecule has 6 heteroatoms. The van der Waals surface area contributed by atoms with Crippen molar-refractivity contribution in [2.45, 2.75) is 70.3 Å². The normalized spacial score (nSPS) is 29.7. The number of hydrogen-bond acceptors (Lipinski definition) is 3. The number of nitrogens with zero attached hydrogens (tertiary/aromatic N) is 1. The maximum atomic E-state index is 15.1. The van der Waals surface area contributed by atoms with Gasteiger partial charge >= 0.3 is 5.97 Å². The lowest BCUT2D eigenvalue weighted by Crippen LogP contribution is -2.40. The number of carboxylic acid groups (broad SMARTS) is 1. The molecule has 1 N–H and O–H groups in total. The van der Waals surface area contributed by atoms with E-state index in [-0.39, 0.29) is 16.9 Å². The van der Waals surface area contributed by atoms with Gasteiger partial charge in [0, 0.05) is 18.0 Å². The van der Waals surface area contributed by atoms with Crippen LogP contribution in [-0.4, -0.2) is 41.1 Å². The van der Waals surface area contributed by atoms with Crippen LogP contribution in [0.5, 0.6) is 5.75 Å². The van der Waals surface area contributed by atoms with Crippen LogP contribution in [0.1, 0.15) is 80.1 Å². The Balaban J connectivity index is 1.38. The van der Waals surface area contributed by atoms with Gasteiger partial charge in [-0.3, -0.25) is 4.79 Å². The zero-order valence-electron chi connectivity index (χ0n) is 18.0. The minimum atomic E-state index is -1.03. The second kappa shape index (κ2) is 7.64. The Bertz CT molecular complexity index is 953. The Morgan fingerprint density at radius 3 is 2.84 bits per heavy atom. The number of rotatable bonds is 6. The lowest BCUT2D eigenvalue weighted by Gasteiger charge is -2.36. The molecule has 4 aliphatic rings. The first-order valence-corrected chi connectivity index (χ1v) is 11.5. The summed E-state index contributed by atoms with van der Waals surface area (Å²) in [6.07, 6.45) is 9.79. The predicted molar refractivity (Wildman–Crippen MR) is 114 cm³/mol. The average Bonchev–Trinajstić information content (AvgIpc) is 3.35. The van der Waals surface area contributed by atoms with E-state index in [0.29, 0.717) is 37.7 Å². The number of benzene rings is 1. The van der Waals surface area contributed by atoms with E-state index in [2.05, 4.69) is 13.0 Å². The Labute approximate surface area is 182 Å². The highest BCUT2D eigenvalue weighted by molar-refractivity contribution is 5.97. The average molecular weight is 428 g/mol. The van der Waals surface area contributed by atoms with Gasteiger partial charge in [0.05, 0.1) is 12.2 Å². The molecule has 1 aliphatic heterocycles. The number of carbonyl (C=O) groups is 2. The summed E-state index contributed by atoms with van der Waals surface area (Å²) in [6.45, 7) is 3.20. The van der Waals surface area contributed by atoms with E-state index in [9.17, 15) is 14.7 Å². The topological polar surface area (TPSA) is 66.8 Å². The highest BCUT2D eigenvalue weighted by Crippen LogP contribution is 2.51. The number of hydrogen-bond donors (Lipinski definition) is 1. The number of halogens is 1. The number of fused-ring (bicyclic) bond motifs is 2. The fourth-order valence-electron chi connectivity index (χ4n) is 5.95. The zero-order chi connectivity index (χ0) is 21.8. The van der Waals surface area contributed by atoms with E-state index in [4.69, 9.17) is 4.74 Å². The van der Waals surface area contributed by atoms with Gasteiger partial charge in [-0.05, 0) is 74.8 Å². The van der Waals surface area contributed by atoms with Crippen molar-refractivity contribution in [2.24, 2.45) is 11.3 Å². The maximum absolute atomic E-state index is 15.1. The third-order valence-corrected chi connectivity index (χ3v) is 7.50. The third kappa shape index (κ3) is 3.85. The molecule has 5 nitrogen and oxygen atoms in total. The van der Waals surface area contributed by atoms with Crippen molar-refractivity contribution in [1.29, 1.82) is 0 Å². The molecule has 1 amide bonds. The Kier molecular flexibility index (Phi) is 5.06. The molecule has 1 saturated heterocycles. The molecule has 0 aromatic heterocycles. The zero-order valence-corrected chi connectivity index (χ0v) is 18.0. The van der Waals surface area contributed by atoms with Crippen LogP contribution in [0.2, 0.25) is 0 Å². The van der Waals surface area contributed by atoms with Crippen molar-refractivity contribution < 1.29 is 23.8 Å². The third-order valence-electron chi connectivity index (χ3n) is 7.50. The molecule has 3 aliphatic carbocycles. The van der Waals surface area contributed by atoms with Gasteiger partial charge in [-0.2, -0.15) is 0 Å². The summed E-state index contributed by atoms with van der Waals surface area (Å²) in [7, 11) is 0. The van der Waals surface area contributed by atoms with Crippen LogP contribution in [0.25, 0.3) is 0 Å². The summed E-state index contributed by atoms with van der Waals surface area (Å²) < 4.78 is 21.3. The summed E-state index contributed by atoms with van der Waals surface area (Å²) in [5.74, 6) is -0.697. The van der Waals surface area contributed by atoms with Gasteiger partial charge in [0.2, 0.25) is 0 Å². The highest BCUT2D eigenvalue weighted by Gasteiger charge is 2.41. The van der Waals surface area contributed by atoms with Gasteiger partial charge in [-0.25, -0.2) is 9.18 Å². The smallest absolute Gasteiger partial charge is 0.326 e. The molecule has 2 bridgehead atoms. The maximum Gasteiger partial charge on any atom is 0.326 e. The molecule has 5 rings (SSSR count). The quantitative estimate of drug-likeness (QED) is 0.655. The monoisotopic (exact) mass is 427 g/mol. The Morgan fingerprint density at radius 1 is 1.29 bits per heavy atom. The van der Waals surface area contributed by atoms with Crippen molar-refractivity contribution >= 4 is 11.9 Å². The van der Waals surface area contributed by atoms with Crippen LogP contribution in [-0.2, 0) is 4.79 Å². The van der Waals surface area contributed by atoms with Crippen LogP contribution in [0.3, 0.4) is 0 Å². The Morgan fingerprint density at radius 2 is 2.10 bits per heavy atom. The van der Waals surface area contributed by atoms with Crippen molar-refractivity contribution in [3.8, 4) is 5.75 Å². The lowest BCUT2D eigenvalue weighted by atomic mass is 9.72. The second-order valence-electron chi connectivity index (χ2n) is 10.2. The summed E-state index contributed by atoms with van der Waals surface area (Å²) in [5.41, 5.74) is 2.50. The number of likely N-dealkylation sites (tertiary alicyclic amines) is 1. The van der Waals surface area contributed by atoms with Gasteiger partial charge in [-0.1, -0.05) is 18.6 Å². The molecule has 2 unspecified atom stereocenters. The van der Waals surface area contributed by atoms with Gasteiger partial charge in [0.15, 0.2) is 0 Å². The van der Waals surface area contributed by atoms with E-state index in [1.165, 1.54) is 23.0 Å². The fourth-order valence-corrected chi connectivity index (χ4v) is 5.95. The minimum absolute atomic E-state index is 0.0309. The molecule has 1 heterocycles. The van der Waals surface area contributed by atoms with Gasteiger partial charge in [0.25, 0.3) is 5.91 Å². The molecule has 2 saturated carbocycles. The van der Waals surface area contributed by atoms with Crippen LogP contribution in [0.4, 0.5) is 4.39 Å². The largest absolute Gasteiger partial charge is 0.493 e. The summed E-state index contributed by atoms with van der Waals surface area (Å²) >= 11 is 0. The van der Waals surface area contributed by atoms with E-state index < -0.39 is 23.7 Å². The summed E-state index contributed by atoms with van der Waals surface area (Å²) in [4.78, 5) is 25.8. The number of carboxylic acids is 1. The number of amides is 1. The molecule has 166 valence electrons. The molecular formula is C25H30FNO4. The minimum Gasteiger partial charge on any atom is -0.493 e. The SMILES string of the molecule is CC1CC2=CCC(COc3cc(F)c(C(=O)N4CCC[C@H]4C(=O)O)cc3C3CC3)(C2)C1. The molecule has 3 atom stereocenters. The number of ether oxygens (including phenoxy) is 1. The van der Waals surface area contributed by atoms with Gasteiger partial charge in [-0.15, -0.1) is 0 Å². The molecule has 0 spiro atoms. The van der Waals surface area contributed by atoms with Crippen molar-refractivity contribution in [2.75, 3.05) is 13.2 Å². The standard InChI is InChI=1S/C25H30FNO4/c1-15-9-16-6-7-25(12-15,13-16)14-31-22-11-20(26)19(10-18(22)17-4-5-17)23(28)27-8-2-3-21(27)24(29)30/h6,10-11,15,17,21H,2-5,7-9,12-14H2,1H3,(H,29,30)/t15?,21-,25?/m0/s1. The van der Waals surface area contributed by atoms with Gasteiger partial charge in [0.1, 0.15) is 17.6 Å². The van der Waals surface area contributed by atoms with Crippen molar-refractivity contribution in [3.05, 3.63) is 40.7 Å². The summed E-state index contributed by atoms with van der Waals surface area (Å²) in [6, 6.07) is 2.11. The van der Waals surface area contributed by atoms with Crippen LogP contribution >= 0.6 is 0 Å². The molecule has 1 aromatic carbocycles. The van der Waals surface area contributed by atoms with E-state index in [1.807, 2.05) is 0 Å². The van der Waals surface area contributed by atoms with Crippen LogP contribution in [0, 0.1) is 17.2 Å². The number of aliphatic carboxylic acids is 1. The first-order chi connectivity index (χ1) is 14.8. The predicted octanol–water partition coefficient (Wildman–Crippen LogP) is 4.91. The number of allylic oxidation sites excluding steroid dienone is 2. The second-order valence-corrected chi connectivity index (χ2v) is 10.2. The van der Waals surface area contributed by atoms with Crippen LogP contribution in [0.15, 0.2) is 23.8 Å². The van der Waals surface area contributed by atoms with E-state index in [0.717, 1.165) is 37.7 Å². The first kappa shape index (κ1) is 20.5.